The number of aliphatic hydroxyl groups is 2. The molecule has 15 heteroatoms. The van der Waals surface area contributed by atoms with Gasteiger partial charge in [-0.05, 0) is 18.2 Å². The molecule has 1 aliphatic rings. The van der Waals surface area contributed by atoms with Crippen LogP contribution in [0.3, 0.4) is 0 Å². The number of oxazole rings is 1. The van der Waals surface area contributed by atoms with Crippen LogP contribution >= 0.6 is 23.4 Å². The topological polar surface area (TPSA) is 129 Å². The third-order valence-corrected chi connectivity index (χ3v) is 7.27. The van der Waals surface area contributed by atoms with Crippen LogP contribution in [0.5, 0.6) is 0 Å². The van der Waals surface area contributed by atoms with Crippen molar-refractivity contribution < 1.29 is 37.3 Å². The van der Waals surface area contributed by atoms with Gasteiger partial charge in [-0.15, -0.1) is 5.10 Å². The Kier molecular flexibility index (Phi) is 7.70. The molecule has 38 heavy (non-hydrogen) atoms. The second kappa shape index (κ2) is 11.0. The number of benzene rings is 1. The molecule has 0 amide bonds. The van der Waals surface area contributed by atoms with E-state index >= 15 is 0 Å². The Balaban J connectivity index is 1.50. The average Bonchev–Trinajstić information content (AvgIpc) is 3.60. The van der Waals surface area contributed by atoms with Crippen molar-refractivity contribution in [1.29, 1.82) is 0 Å². The van der Waals surface area contributed by atoms with Crippen LogP contribution < -0.4 is 0 Å². The molecule has 1 saturated heterocycles. The van der Waals surface area contributed by atoms with Crippen LogP contribution in [0.4, 0.5) is 13.2 Å². The lowest BCUT2D eigenvalue weighted by Gasteiger charge is -2.43. The van der Waals surface area contributed by atoms with Crippen LogP contribution in [0.15, 0.2) is 52.4 Å². The number of hydrogen-bond acceptors (Lipinski definition) is 10. The summed E-state index contributed by atoms with van der Waals surface area (Å²) in [4.78, 5) is 8.96. The Labute approximate surface area is 222 Å². The van der Waals surface area contributed by atoms with E-state index in [0.717, 1.165) is 23.9 Å². The second-order valence-electron chi connectivity index (χ2n) is 8.20. The number of methoxy groups -OCH3 is 1. The molecule has 2 N–H and O–H groups in total. The molecule has 3 aromatic heterocycles. The van der Waals surface area contributed by atoms with Gasteiger partial charge in [0.15, 0.2) is 17.5 Å². The standard InChI is InChI=1S/C23H19ClF3N5O5S/c1-35-21-19(32-8-14(30-31-32)10-4-12(25)17(27)13(26)5-10)20(34)15(9-33)37-23(21)38-16-6-11(24)7-29-18(16)22-28-2-3-36-22/h2-8,15,19-21,23,33-34H,9H2,1H3/t15-,19+,20+,21-,23-/m1/s1. The highest BCUT2D eigenvalue weighted by atomic mass is 35.5. The first-order chi connectivity index (χ1) is 18.3. The summed E-state index contributed by atoms with van der Waals surface area (Å²) >= 11 is 7.33. The van der Waals surface area contributed by atoms with Gasteiger partial charge in [-0.2, -0.15) is 0 Å². The number of hydrogen-bond donors (Lipinski definition) is 2. The number of rotatable bonds is 7. The number of aliphatic hydroxyl groups excluding tert-OH is 2. The lowest BCUT2D eigenvalue weighted by Crippen LogP contribution is -2.55. The van der Waals surface area contributed by atoms with Crippen molar-refractivity contribution in [3.63, 3.8) is 0 Å². The van der Waals surface area contributed by atoms with E-state index in [0.29, 0.717) is 15.6 Å². The van der Waals surface area contributed by atoms with Crippen LogP contribution in [0, 0.1) is 17.5 Å². The van der Waals surface area contributed by atoms with Gasteiger partial charge < -0.3 is 24.1 Å². The zero-order valence-corrected chi connectivity index (χ0v) is 21.0. The largest absolute Gasteiger partial charge is 0.443 e. The molecular formula is C23H19ClF3N5O5S. The zero-order chi connectivity index (χ0) is 27.0. The van der Waals surface area contributed by atoms with E-state index in [1.807, 2.05) is 0 Å². The van der Waals surface area contributed by atoms with Crippen LogP contribution in [-0.4, -0.2) is 72.6 Å². The second-order valence-corrected chi connectivity index (χ2v) is 9.78. The maximum atomic E-state index is 13.8. The lowest BCUT2D eigenvalue weighted by molar-refractivity contribution is -0.186. The molecule has 200 valence electrons. The summed E-state index contributed by atoms with van der Waals surface area (Å²) in [5.74, 6) is -4.14. The molecule has 1 aliphatic heterocycles. The molecular weight excluding hydrogens is 551 g/mol. The Morgan fingerprint density at radius 1 is 1.18 bits per heavy atom. The van der Waals surface area contributed by atoms with Crippen molar-refractivity contribution in [2.75, 3.05) is 13.7 Å². The Morgan fingerprint density at radius 3 is 2.61 bits per heavy atom. The van der Waals surface area contributed by atoms with E-state index in [4.69, 9.17) is 25.5 Å². The minimum absolute atomic E-state index is 0.0197. The third kappa shape index (κ3) is 5.02. The molecule has 0 bridgehead atoms. The predicted molar refractivity (Wildman–Crippen MR) is 128 cm³/mol. The van der Waals surface area contributed by atoms with E-state index in [1.165, 1.54) is 36.6 Å². The molecule has 4 aromatic rings. The highest BCUT2D eigenvalue weighted by molar-refractivity contribution is 8.00. The van der Waals surface area contributed by atoms with Gasteiger partial charge in [0.25, 0.3) is 0 Å². The summed E-state index contributed by atoms with van der Waals surface area (Å²) in [6.45, 7) is -0.540. The number of aromatic nitrogens is 5. The van der Waals surface area contributed by atoms with Gasteiger partial charge in [-0.3, -0.25) is 0 Å². The average molecular weight is 570 g/mol. The predicted octanol–water partition coefficient (Wildman–Crippen LogP) is 3.49. The van der Waals surface area contributed by atoms with E-state index in [2.05, 4.69) is 20.3 Å². The first-order valence-corrected chi connectivity index (χ1v) is 12.3. The van der Waals surface area contributed by atoms with Crippen LogP contribution in [0.25, 0.3) is 22.8 Å². The molecule has 1 aromatic carbocycles. The normalized spacial score (nSPS) is 23.6. The fourth-order valence-corrected chi connectivity index (χ4v) is 5.63. The monoisotopic (exact) mass is 569 g/mol. The summed E-state index contributed by atoms with van der Waals surface area (Å²) in [7, 11) is 1.40. The summed E-state index contributed by atoms with van der Waals surface area (Å²) < 4.78 is 59.3. The van der Waals surface area contributed by atoms with Crippen molar-refractivity contribution in [3.8, 4) is 22.8 Å². The zero-order valence-electron chi connectivity index (χ0n) is 19.4. The molecule has 1 fully saturated rings. The number of nitrogens with zero attached hydrogens (tertiary/aromatic N) is 5. The number of thioether (sulfide) groups is 1. The van der Waals surface area contributed by atoms with Gasteiger partial charge in [0, 0.05) is 23.8 Å². The molecule has 0 radical (unpaired) electrons. The summed E-state index contributed by atoms with van der Waals surface area (Å²) in [6.07, 6.45) is 2.35. The summed E-state index contributed by atoms with van der Waals surface area (Å²) in [5.41, 5.74) is -0.498. The van der Waals surface area contributed by atoms with Crippen molar-refractivity contribution in [2.45, 2.75) is 34.7 Å². The van der Waals surface area contributed by atoms with E-state index in [1.54, 1.807) is 6.07 Å². The van der Waals surface area contributed by atoms with E-state index in [9.17, 15) is 23.4 Å². The minimum Gasteiger partial charge on any atom is -0.443 e. The van der Waals surface area contributed by atoms with Crippen molar-refractivity contribution in [1.82, 2.24) is 25.0 Å². The Hall–Kier alpha value is -3.01. The first kappa shape index (κ1) is 26.6. The SMILES string of the molecule is CO[C@@H]1[C@@H](n2cc(-c3cc(F)c(F)c(F)c3)nn2)[C@@H](O)[C@@H](CO)O[C@@H]1Sc1cc(Cl)cnc1-c1ncco1. The molecule has 5 rings (SSSR count). The van der Waals surface area contributed by atoms with E-state index < -0.39 is 53.8 Å². The van der Waals surface area contributed by atoms with Gasteiger partial charge in [0.05, 0.1) is 24.0 Å². The van der Waals surface area contributed by atoms with Gasteiger partial charge in [0.2, 0.25) is 5.89 Å². The molecule has 0 unspecified atom stereocenters. The highest BCUT2D eigenvalue weighted by Crippen LogP contribution is 2.42. The fourth-order valence-electron chi connectivity index (χ4n) is 4.10. The molecule has 10 nitrogen and oxygen atoms in total. The van der Waals surface area contributed by atoms with Crippen molar-refractivity contribution >= 4 is 23.4 Å². The van der Waals surface area contributed by atoms with Gasteiger partial charge in [-0.25, -0.2) is 27.8 Å². The maximum absolute atomic E-state index is 13.8. The summed E-state index contributed by atoms with van der Waals surface area (Å²) in [5, 5.41) is 29.2. The molecule has 0 saturated carbocycles. The minimum atomic E-state index is -1.61. The summed E-state index contributed by atoms with van der Waals surface area (Å²) in [6, 6.07) is 2.24. The Morgan fingerprint density at radius 2 is 1.95 bits per heavy atom. The quantitative estimate of drug-likeness (QED) is 0.319. The lowest BCUT2D eigenvalue weighted by atomic mass is 9.97. The molecule has 4 heterocycles. The molecule has 0 aliphatic carbocycles. The number of halogens is 4. The van der Waals surface area contributed by atoms with Gasteiger partial charge in [-0.1, -0.05) is 28.6 Å². The van der Waals surface area contributed by atoms with Crippen LogP contribution in [0.2, 0.25) is 5.02 Å². The number of ether oxygens (including phenoxy) is 2. The van der Waals surface area contributed by atoms with Gasteiger partial charge >= 0.3 is 0 Å². The third-order valence-electron chi connectivity index (χ3n) is 5.89. The Bertz CT molecular complexity index is 1410. The van der Waals surface area contributed by atoms with E-state index in [-0.39, 0.29) is 17.1 Å². The first-order valence-electron chi connectivity index (χ1n) is 11.1. The van der Waals surface area contributed by atoms with Crippen molar-refractivity contribution in [2.24, 2.45) is 0 Å². The van der Waals surface area contributed by atoms with Crippen LogP contribution in [0.1, 0.15) is 6.04 Å². The number of pyridine rings is 1. The van der Waals surface area contributed by atoms with Crippen LogP contribution in [-0.2, 0) is 9.47 Å². The van der Waals surface area contributed by atoms with Gasteiger partial charge in [0.1, 0.15) is 47.4 Å². The van der Waals surface area contributed by atoms with Crippen molar-refractivity contribution in [3.05, 3.63) is 65.5 Å². The maximum Gasteiger partial charge on any atom is 0.246 e. The smallest absolute Gasteiger partial charge is 0.246 e. The fraction of sp³-hybridized carbons (Fsp3) is 0.304. The molecule has 0 spiro atoms. The highest BCUT2D eigenvalue weighted by Gasteiger charge is 2.47. The molecule has 5 atom stereocenters.